The highest BCUT2D eigenvalue weighted by Gasteiger charge is 2.30. The molecule has 1 aromatic carbocycles. The molecule has 1 aromatic rings. The number of likely N-dealkylation sites (tertiary alicyclic amines) is 1. The van der Waals surface area contributed by atoms with E-state index in [-0.39, 0.29) is 30.9 Å². The van der Waals surface area contributed by atoms with E-state index in [2.05, 4.69) is 0 Å². The van der Waals surface area contributed by atoms with Crippen LogP contribution in [0.3, 0.4) is 0 Å². The largest absolute Gasteiger partial charge is 0.482 e. The Bertz CT molecular complexity index is 724. The van der Waals surface area contributed by atoms with E-state index in [9.17, 15) is 14.4 Å². The van der Waals surface area contributed by atoms with Crippen LogP contribution in [-0.4, -0.2) is 66.9 Å². The second kappa shape index (κ2) is 8.41. The first-order chi connectivity index (χ1) is 13.0. The summed E-state index contributed by atoms with van der Waals surface area (Å²) in [7, 11) is 0. The minimum Gasteiger partial charge on any atom is -0.482 e. The highest BCUT2D eigenvalue weighted by Crippen LogP contribution is 2.33. The van der Waals surface area contributed by atoms with Gasteiger partial charge in [0, 0.05) is 31.7 Å². The zero-order chi connectivity index (χ0) is 19.4. The number of piperidine rings is 1. The fourth-order valence-electron chi connectivity index (χ4n) is 3.58. The standard InChI is InChI=1S/C20H27N3O4/c1-3-21(4-2)20(26)15-8-9-17-16(12-15)23(19(25)14-27-17)13-18(24)22-10-6-5-7-11-22/h8-9,12H,3-7,10-11,13-14H2,1-2H3. The molecule has 27 heavy (non-hydrogen) atoms. The predicted octanol–water partition coefficient (Wildman–Crippen LogP) is 1.91. The topological polar surface area (TPSA) is 70.2 Å². The van der Waals surface area contributed by atoms with Crippen molar-refractivity contribution in [1.82, 2.24) is 9.80 Å². The third-order valence-corrected chi connectivity index (χ3v) is 5.20. The van der Waals surface area contributed by atoms with E-state index in [1.807, 2.05) is 18.7 Å². The number of carbonyl (C=O) groups is 3. The lowest BCUT2D eigenvalue weighted by Crippen LogP contribution is -2.47. The monoisotopic (exact) mass is 373 g/mol. The van der Waals surface area contributed by atoms with Crippen molar-refractivity contribution < 1.29 is 19.1 Å². The molecule has 3 amide bonds. The predicted molar refractivity (Wildman–Crippen MR) is 102 cm³/mol. The van der Waals surface area contributed by atoms with Gasteiger partial charge < -0.3 is 14.5 Å². The average Bonchev–Trinajstić information content (AvgIpc) is 2.71. The van der Waals surface area contributed by atoms with E-state index in [1.54, 1.807) is 23.1 Å². The first-order valence-electron chi connectivity index (χ1n) is 9.69. The maximum absolute atomic E-state index is 12.7. The Hall–Kier alpha value is -2.57. The van der Waals surface area contributed by atoms with Gasteiger partial charge >= 0.3 is 0 Å². The molecule has 7 nitrogen and oxygen atoms in total. The van der Waals surface area contributed by atoms with Gasteiger partial charge in [-0.25, -0.2) is 0 Å². The fourth-order valence-corrected chi connectivity index (χ4v) is 3.58. The van der Waals surface area contributed by atoms with Crippen LogP contribution in [0.15, 0.2) is 18.2 Å². The molecular formula is C20H27N3O4. The van der Waals surface area contributed by atoms with E-state index in [1.165, 1.54) is 4.90 Å². The number of rotatable bonds is 5. The number of benzene rings is 1. The Kier molecular flexibility index (Phi) is 5.98. The summed E-state index contributed by atoms with van der Waals surface area (Å²) in [5, 5.41) is 0. The van der Waals surface area contributed by atoms with Crippen LogP contribution in [0, 0.1) is 0 Å². The first-order valence-corrected chi connectivity index (χ1v) is 9.69. The van der Waals surface area contributed by atoms with E-state index in [0.717, 1.165) is 32.4 Å². The van der Waals surface area contributed by atoms with Crippen molar-refractivity contribution in [2.75, 3.05) is 44.2 Å². The average molecular weight is 373 g/mol. The number of amides is 3. The molecule has 146 valence electrons. The van der Waals surface area contributed by atoms with Gasteiger partial charge in [-0.15, -0.1) is 0 Å². The number of carbonyl (C=O) groups excluding carboxylic acids is 3. The van der Waals surface area contributed by atoms with E-state index >= 15 is 0 Å². The van der Waals surface area contributed by atoms with Crippen LogP contribution in [0.5, 0.6) is 5.75 Å². The van der Waals surface area contributed by atoms with Gasteiger partial charge in [0.25, 0.3) is 11.8 Å². The molecule has 0 saturated carbocycles. The molecule has 7 heteroatoms. The van der Waals surface area contributed by atoms with Gasteiger partial charge in [-0.05, 0) is 51.3 Å². The lowest BCUT2D eigenvalue weighted by atomic mass is 10.1. The summed E-state index contributed by atoms with van der Waals surface area (Å²) < 4.78 is 5.50. The maximum atomic E-state index is 12.7. The molecular weight excluding hydrogens is 346 g/mol. The van der Waals surface area contributed by atoms with Crippen molar-refractivity contribution in [3.8, 4) is 5.75 Å². The Labute approximate surface area is 159 Å². The van der Waals surface area contributed by atoms with Crippen LogP contribution < -0.4 is 9.64 Å². The van der Waals surface area contributed by atoms with Crippen LogP contribution in [0.4, 0.5) is 5.69 Å². The van der Waals surface area contributed by atoms with Gasteiger partial charge in [-0.3, -0.25) is 19.3 Å². The molecule has 0 aliphatic carbocycles. The van der Waals surface area contributed by atoms with E-state index in [0.29, 0.717) is 30.1 Å². The van der Waals surface area contributed by atoms with Gasteiger partial charge in [0.15, 0.2) is 6.61 Å². The lowest BCUT2D eigenvalue weighted by molar-refractivity contribution is -0.132. The molecule has 0 unspecified atom stereocenters. The Morgan fingerprint density at radius 3 is 2.48 bits per heavy atom. The van der Waals surface area contributed by atoms with E-state index < -0.39 is 0 Å². The minimum atomic E-state index is -0.264. The van der Waals surface area contributed by atoms with Crippen LogP contribution >= 0.6 is 0 Å². The van der Waals surface area contributed by atoms with Crippen LogP contribution in [0.1, 0.15) is 43.5 Å². The molecule has 0 radical (unpaired) electrons. The quantitative estimate of drug-likeness (QED) is 0.791. The van der Waals surface area contributed by atoms with Crippen molar-refractivity contribution >= 4 is 23.4 Å². The summed E-state index contributed by atoms with van der Waals surface area (Å²) in [6.45, 7) is 6.45. The molecule has 0 spiro atoms. The number of nitrogens with zero attached hydrogens (tertiary/aromatic N) is 3. The van der Waals surface area contributed by atoms with Crippen molar-refractivity contribution in [3.63, 3.8) is 0 Å². The number of hydrogen-bond donors (Lipinski definition) is 0. The second-order valence-electron chi connectivity index (χ2n) is 6.87. The second-order valence-corrected chi connectivity index (χ2v) is 6.87. The van der Waals surface area contributed by atoms with Crippen LogP contribution in [0.2, 0.25) is 0 Å². The van der Waals surface area contributed by atoms with Gasteiger partial charge in [-0.1, -0.05) is 0 Å². The number of anilines is 1. The first kappa shape index (κ1) is 19.2. The van der Waals surface area contributed by atoms with Crippen molar-refractivity contribution in [3.05, 3.63) is 23.8 Å². The van der Waals surface area contributed by atoms with Crippen molar-refractivity contribution in [1.29, 1.82) is 0 Å². The summed E-state index contributed by atoms with van der Waals surface area (Å²) in [4.78, 5) is 42.7. The van der Waals surface area contributed by atoms with Crippen molar-refractivity contribution in [2.45, 2.75) is 33.1 Å². The van der Waals surface area contributed by atoms with Crippen LogP contribution in [0.25, 0.3) is 0 Å². The minimum absolute atomic E-state index is 0.0158. The summed E-state index contributed by atoms with van der Waals surface area (Å²) in [5.74, 6) is 0.108. The normalized spacial score (nSPS) is 16.6. The highest BCUT2D eigenvalue weighted by molar-refractivity contribution is 6.04. The molecule has 0 atom stereocenters. The molecule has 0 N–H and O–H groups in total. The highest BCUT2D eigenvalue weighted by atomic mass is 16.5. The number of ether oxygens (including phenoxy) is 1. The molecule has 0 bridgehead atoms. The third kappa shape index (κ3) is 4.07. The number of fused-ring (bicyclic) bond motifs is 1. The third-order valence-electron chi connectivity index (χ3n) is 5.20. The summed E-state index contributed by atoms with van der Waals surface area (Å²) >= 11 is 0. The smallest absolute Gasteiger partial charge is 0.265 e. The summed E-state index contributed by atoms with van der Waals surface area (Å²) in [6, 6.07) is 5.08. The molecule has 1 fully saturated rings. The molecule has 2 heterocycles. The number of hydrogen-bond acceptors (Lipinski definition) is 4. The Morgan fingerprint density at radius 1 is 1.11 bits per heavy atom. The molecule has 2 aliphatic heterocycles. The van der Waals surface area contributed by atoms with Crippen LogP contribution in [-0.2, 0) is 9.59 Å². The summed E-state index contributed by atoms with van der Waals surface area (Å²) in [6.07, 6.45) is 3.14. The molecule has 2 aliphatic rings. The molecule has 3 rings (SSSR count). The van der Waals surface area contributed by atoms with Gasteiger partial charge in [0.2, 0.25) is 5.91 Å². The lowest BCUT2D eigenvalue weighted by Gasteiger charge is -2.33. The van der Waals surface area contributed by atoms with E-state index in [4.69, 9.17) is 4.74 Å². The fraction of sp³-hybridized carbons (Fsp3) is 0.550. The SMILES string of the molecule is CCN(CC)C(=O)c1ccc2c(c1)N(CC(=O)N1CCCCC1)C(=O)CO2. The maximum Gasteiger partial charge on any atom is 0.265 e. The van der Waals surface area contributed by atoms with Gasteiger partial charge in [0.1, 0.15) is 12.3 Å². The molecule has 0 aromatic heterocycles. The zero-order valence-electron chi connectivity index (χ0n) is 16.1. The van der Waals surface area contributed by atoms with Gasteiger partial charge in [-0.2, -0.15) is 0 Å². The zero-order valence-corrected chi connectivity index (χ0v) is 16.1. The Morgan fingerprint density at radius 2 is 1.81 bits per heavy atom. The Balaban J connectivity index is 1.84. The molecule has 1 saturated heterocycles. The summed E-state index contributed by atoms with van der Waals surface area (Å²) in [5.41, 5.74) is 0.987. The van der Waals surface area contributed by atoms with Gasteiger partial charge in [0.05, 0.1) is 5.69 Å². The van der Waals surface area contributed by atoms with Crippen molar-refractivity contribution in [2.24, 2.45) is 0 Å².